The first-order valence-corrected chi connectivity index (χ1v) is 11.0. The predicted molar refractivity (Wildman–Crippen MR) is 123 cm³/mol. The maximum absolute atomic E-state index is 12.8. The van der Waals surface area contributed by atoms with E-state index < -0.39 is 5.60 Å². The molecule has 1 saturated heterocycles. The van der Waals surface area contributed by atoms with Crippen molar-refractivity contribution in [3.8, 4) is 5.75 Å². The number of fused-ring (bicyclic) bond motifs is 1. The number of benzene rings is 2. The van der Waals surface area contributed by atoms with Gasteiger partial charge in [0.05, 0.1) is 36.5 Å². The van der Waals surface area contributed by atoms with Crippen LogP contribution >= 0.6 is 11.6 Å². The van der Waals surface area contributed by atoms with E-state index in [4.69, 9.17) is 16.3 Å². The van der Waals surface area contributed by atoms with Crippen molar-refractivity contribution in [2.45, 2.75) is 37.8 Å². The van der Waals surface area contributed by atoms with E-state index in [1.165, 1.54) is 10.9 Å². The van der Waals surface area contributed by atoms with E-state index in [0.29, 0.717) is 54.7 Å². The molecule has 7 nitrogen and oxygen atoms in total. The first-order valence-electron chi connectivity index (χ1n) is 10.6. The van der Waals surface area contributed by atoms with Crippen LogP contribution in [0.2, 0.25) is 5.02 Å². The fourth-order valence-corrected chi connectivity index (χ4v) is 4.26. The summed E-state index contributed by atoms with van der Waals surface area (Å²) < 4.78 is 6.60. The van der Waals surface area contributed by atoms with Gasteiger partial charge in [-0.3, -0.25) is 14.2 Å². The van der Waals surface area contributed by atoms with Crippen LogP contribution in [-0.4, -0.2) is 51.3 Å². The molecule has 1 amide bonds. The Kier molecular flexibility index (Phi) is 6.48. The number of aromatic nitrogens is 2. The molecule has 0 spiro atoms. The molecule has 0 atom stereocenters. The Morgan fingerprint density at radius 1 is 1.19 bits per heavy atom. The Labute approximate surface area is 191 Å². The Morgan fingerprint density at radius 2 is 1.91 bits per heavy atom. The molecular formula is C24H26ClN3O4. The molecule has 2 heterocycles. The summed E-state index contributed by atoms with van der Waals surface area (Å²) in [5.74, 6) is 0.865. The number of halogens is 1. The highest BCUT2D eigenvalue weighted by Crippen LogP contribution is 2.25. The molecule has 0 unspecified atom stereocenters. The molecule has 0 bridgehead atoms. The Morgan fingerprint density at radius 3 is 2.59 bits per heavy atom. The quantitative estimate of drug-likeness (QED) is 0.617. The number of rotatable bonds is 6. The van der Waals surface area contributed by atoms with Crippen LogP contribution in [0.4, 0.5) is 0 Å². The van der Waals surface area contributed by atoms with Crippen LogP contribution in [0, 0.1) is 0 Å². The van der Waals surface area contributed by atoms with Crippen LogP contribution < -0.4 is 10.3 Å². The SMILES string of the molecule is COc1ccc(CCC(=O)N2CCC(O)(Cn3cnc4cc(Cl)ccc4c3=O)CC2)cc1. The van der Waals surface area contributed by atoms with Gasteiger partial charge in [0.15, 0.2) is 0 Å². The van der Waals surface area contributed by atoms with E-state index >= 15 is 0 Å². The van der Waals surface area contributed by atoms with Gasteiger partial charge in [-0.1, -0.05) is 23.7 Å². The second-order valence-corrected chi connectivity index (χ2v) is 8.73. The largest absolute Gasteiger partial charge is 0.497 e. The van der Waals surface area contributed by atoms with Crippen LogP contribution in [0.1, 0.15) is 24.8 Å². The molecule has 1 aliphatic rings. The Bertz CT molecular complexity index is 1170. The lowest BCUT2D eigenvalue weighted by Crippen LogP contribution is -2.49. The number of aliphatic hydroxyl groups is 1. The molecule has 1 fully saturated rings. The van der Waals surface area contributed by atoms with Crippen molar-refractivity contribution in [3.63, 3.8) is 0 Å². The summed E-state index contributed by atoms with van der Waals surface area (Å²) in [7, 11) is 1.62. The van der Waals surface area contributed by atoms with Crippen molar-refractivity contribution < 1.29 is 14.6 Å². The van der Waals surface area contributed by atoms with Crippen LogP contribution in [0.3, 0.4) is 0 Å². The zero-order chi connectivity index (χ0) is 22.7. The third-order valence-electron chi connectivity index (χ3n) is 6.09. The van der Waals surface area contributed by atoms with E-state index in [9.17, 15) is 14.7 Å². The Balaban J connectivity index is 1.34. The molecular weight excluding hydrogens is 430 g/mol. The average Bonchev–Trinajstić information content (AvgIpc) is 2.80. The average molecular weight is 456 g/mol. The number of piperidine rings is 1. The lowest BCUT2D eigenvalue weighted by atomic mass is 9.91. The van der Waals surface area contributed by atoms with Gasteiger partial charge in [-0.15, -0.1) is 0 Å². The van der Waals surface area contributed by atoms with Gasteiger partial charge in [-0.2, -0.15) is 0 Å². The summed E-state index contributed by atoms with van der Waals surface area (Å²) in [5, 5.41) is 12.0. The number of amides is 1. The number of likely N-dealkylation sites (tertiary alicyclic amines) is 1. The topological polar surface area (TPSA) is 84.7 Å². The molecule has 1 N–H and O–H groups in total. The summed E-state index contributed by atoms with van der Waals surface area (Å²) in [4.78, 5) is 31.5. The van der Waals surface area contributed by atoms with Crippen molar-refractivity contribution in [1.82, 2.24) is 14.5 Å². The monoisotopic (exact) mass is 455 g/mol. The van der Waals surface area contributed by atoms with Gasteiger partial charge in [-0.25, -0.2) is 4.98 Å². The second kappa shape index (κ2) is 9.30. The number of methoxy groups -OCH3 is 1. The minimum absolute atomic E-state index is 0.0734. The predicted octanol–water partition coefficient (Wildman–Crippen LogP) is 3.04. The van der Waals surface area contributed by atoms with Crippen molar-refractivity contribution in [2.75, 3.05) is 20.2 Å². The maximum atomic E-state index is 12.8. The van der Waals surface area contributed by atoms with Crippen molar-refractivity contribution in [1.29, 1.82) is 0 Å². The van der Waals surface area contributed by atoms with E-state index in [-0.39, 0.29) is 18.0 Å². The molecule has 168 valence electrons. The van der Waals surface area contributed by atoms with Crippen LogP contribution in [0.25, 0.3) is 10.9 Å². The number of hydrogen-bond donors (Lipinski definition) is 1. The summed E-state index contributed by atoms with van der Waals surface area (Å²) in [6.07, 6.45) is 3.34. The van der Waals surface area contributed by atoms with Gasteiger partial charge in [0, 0.05) is 24.5 Å². The molecule has 32 heavy (non-hydrogen) atoms. The first-order chi connectivity index (χ1) is 15.4. The van der Waals surface area contributed by atoms with Crippen molar-refractivity contribution in [3.05, 3.63) is 69.7 Å². The minimum Gasteiger partial charge on any atom is -0.497 e. The summed E-state index contributed by atoms with van der Waals surface area (Å²) in [6.45, 7) is 1.07. The van der Waals surface area contributed by atoms with Gasteiger partial charge >= 0.3 is 0 Å². The van der Waals surface area contributed by atoms with E-state index in [2.05, 4.69) is 4.98 Å². The molecule has 4 rings (SSSR count). The third kappa shape index (κ3) is 4.95. The highest BCUT2D eigenvalue weighted by atomic mass is 35.5. The third-order valence-corrected chi connectivity index (χ3v) is 6.32. The molecule has 3 aromatic rings. The number of carbonyl (C=O) groups excluding carboxylic acids is 1. The molecule has 2 aromatic carbocycles. The molecule has 0 saturated carbocycles. The molecule has 0 radical (unpaired) electrons. The fourth-order valence-electron chi connectivity index (χ4n) is 4.09. The van der Waals surface area contributed by atoms with Crippen molar-refractivity contribution in [2.24, 2.45) is 0 Å². The Hall–Kier alpha value is -2.90. The number of aryl methyl sites for hydroxylation is 1. The summed E-state index contributed by atoms with van der Waals surface area (Å²) >= 11 is 5.97. The zero-order valence-electron chi connectivity index (χ0n) is 18.0. The first kappa shape index (κ1) is 22.3. The fraction of sp³-hybridized carbons (Fsp3) is 0.375. The molecule has 0 aliphatic carbocycles. The van der Waals surface area contributed by atoms with E-state index in [1.807, 2.05) is 24.3 Å². The minimum atomic E-state index is -1.06. The van der Waals surface area contributed by atoms with Gasteiger partial charge < -0.3 is 14.7 Å². The number of nitrogens with zero attached hydrogens (tertiary/aromatic N) is 3. The second-order valence-electron chi connectivity index (χ2n) is 8.29. The summed E-state index contributed by atoms with van der Waals surface area (Å²) in [6, 6.07) is 12.7. The van der Waals surface area contributed by atoms with Crippen LogP contribution in [-0.2, 0) is 17.8 Å². The normalized spacial score (nSPS) is 15.7. The van der Waals surface area contributed by atoms with Crippen LogP contribution in [0.5, 0.6) is 5.75 Å². The lowest BCUT2D eigenvalue weighted by molar-refractivity contribution is -0.135. The van der Waals surface area contributed by atoms with Gasteiger partial charge in [0.25, 0.3) is 5.56 Å². The van der Waals surface area contributed by atoms with Gasteiger partial charge in [0.1, 0.15) is 5.75 Å². The molecule has 1 aliphatic heterocycles. The van der Waals surface area contributed by atoms with Crippen molar-refractivity contribution >= 4 is 28.4 Å². The van der Waals surface area contributed by atoms with Gasteiger partial charge in [-0.05, 0) is 55.2 Å². The van der Waals surface area contributed by atoms with E-state index in [0.717, 1.165) is 11.3 Å². The summed E-state index contributed by atoms with van der Waals surface area (Å²) in [5.41, 5.74) is 0.344. The molecule has 1 aromatic heterocycles. The lowest BCUT2D eigenvalue weighted by Gasteiger charge is -2.38. The number of hydrogen-bond acceptors (Lipinski definition) is 5. The standard InChI is InChI=1S/C24H26ClN3O4/c1-32-19-6-2-17(3-7-19)4-9-22(29)27-12-10-24(31,11-13-27)15-28-16-26-21-14-18(25)5-8-20(21)23(28)30/h2-3,5-8,14,16,31H,4,9-13,15H2,1H3. The van der Waals surface area contributed by atoms with Gasteiger partial charge in [0.2, 0.25) is 5.91 Å². The zero-order valence-corrected chi connectivity index (χ0v) is 18.7. The molecule has 8 heteroatoms. The number of carbonyl (C=O) groups is 1. The highest BCUT2D eigenvalue weighted by molar-refractivity contribution is 6.31. The maximum Gasteiger partial charge on any atom is 0.261 e. The van der Waals surface area contributed by atoms with E-state index in [1.54, 1.807) is 30.2 Å². The smallest absolute Gasteiger partial charge is 0.261 e. The number of ether oxygens (including phenoxy) is 1. The highest BCUT2D eigenvalue weighted by Gasteiger charge is 2.34. The van der Waals surface area contributed by atoms with Crippen LogP contribution in [0.15, 0.2) is 53.6 Å².